The van der Waals surface area contributed by atoms with E-state index in [9.17, 15) is 9.00 Å². The Morgan fingerprint density at radius 2 is 2.15 bits per heavy atom. The van der Waals surface area contributed by atoms with Gasteiger partial charge in [0.1, 0.15) is 5.69 Å². The second-order valence-corrected chi connectivity index (χ2v) is 6.73. The van der Waals surface area contributed by atoms with E-state index >= 15 is 0 Å². The molecule has 1 amide bonds. The topological polar surface area (TPSA) is 59.1 Å². The van der Waals surface area contributed by atoms with E-state index in [1.807, 2.05) is 31.2 Å². The fourth-order valence-electron chi connectivity index (χ4n) is 1.69. The van der Waals surface area contributed by atoms with Crippen LogP contribution < -0.4 is 5.32 Å². The number of halogens is 1. The summed E-state index contributed by atoms with van der Waals surface area (Å²) < 4.78 is 11.2. The number of carbonyl (C=O) groups excluding carboxylic acids is 1. The van der Waals surface area contributed by atoms with Gasteiger partial charge >= 0.3 is 0 Å². The molecule has 106 valence electrons. The quantitative estimate of drug-likeness (QED) is 0.943. The first-order valence-corrected chi connectivity index (χ1v) is 8.14. The zero-order valence-electron chi connectivity index (χ0n) is 11.2. The van der Waals surface area contributed by atoms with Crippen molar-refractivity contribution in [1.29, 1.82) is 0 Å². The largest absolute Gasteiger partial charge is 0.350 e. The van der Waals surface area contributed by atoms with Crippen molar-refractivity contribution < 1.29 is 9.00 Å². The molecule has 0 fully saturated rings. The van der Waals surface area contributed by atoms with Crippen LogP contribution in [-0.2, 0) is 10.8 Å². The molecule has 1 aromatic heterocycles. The van der Waals surface area contributed by atoms with Gasteiger partial charge in [0.2, 0.25) is 0 Å². The van der Waals surface area contributed by atoms with Crippen LogP contribution in [0.4, 0.5) is 0 Å². The number of aromatic nitrogens is 1. The molecule has 2 atom stereocenters. The number of nitrogens with zero attached hydrogens (tertiary/aromatic N) is 1. The number of para-hydroxylation sites is 1. The maximum absolute atomic E-state index is 12.0. The standard InChI is InChI=1S/C14H15ClN2O2S/c1-9(20(2)19)8-16-14(18)13-7-11(15)10-5-3-4-6-12(10)17-13/h3-7,9H,8H2,1-2H3,(H,16,18). The summed E-state index contributed by atoms with van der Waals surface area (Å²) in [6.45, 7) is 2.16. The van der Waals surface area contributed by atoms with Crippen LogP contribution in [0.25, 0.3) is 10.9 Å². The Morgan fingerprint density at radius 3 is 2.85 bits per heavy atom. The average molecular weight is 311 g/mol. The van der Waals surface area contributed by atoms with Gasteiger partial charge in [-0.05, 0) is 19.1 Å². The molecule has 6 heteroatoms. The normalized spacial score (nSPS) is 13.9. The summed E-state index contributed by atoms with van der Waals surface area (Å²) in [6.07, 6.45) is 1.61. The first-order chi connectivity index (χ1) is 9.49. The molecule has 0 saturated carbocycles. The maximum Gasteiger partial charge on any atom is 0.269 e. The third-order valence-corrected chi connectivity index (χ3v) is 4.63. The summed E-state index contributed by atoms with van der Waals surface area (Å²) >= 11 is 6.15. The Balaban J connectivity index is 2.20. The monoisotopic (exact) mass is 310 g/mol. The van der Waals surface area contributed by atoms with Gasteiger partial charge in [-0.25, -0.2) is 4.98 Å². The van der Waals surface area contributed by atoms with Gasteiger partial charge in [0, 0.05) is 34.2 Å². The Hall–Kier alpha value is -1.46. The number of carbonyl (C=O) groups is 1. The highest BCUT2D eigenvalue weighted by atomic mass is 35.5. The van der Waals surface area contributed by atoms with E-state index in [0.717, 1.165) is 5.39 Å². The lowest BCUT2D eigenvalue weighted by molar-refractivity contribution is 0.0949. The Bertz CT molecular complexity index is 675. The first-order valence-electron chi connectivity index (χ1n) is 6.14. The molecule has 0 saturated heterocycles. The van der Waals surface area contributed by atoms with Crippen molar-refractivity contribution in [3.05, 3.63) is 41.0 Å². The summed E-state index contributed by atoms with van der Waals surface area (Å²) in [5.41, 5.74) is 0.944. The zero-order chi connectivity index (χ0) is 14.7. The van der Waals surface area contributed by atoms with Gasteiger partial charge in [-0.3, -0.25) is 9.00 Å². The highest BCUT2D eigenvalue weighted by Gasteiger charge is 2.13. The minimum atomic E-state index is -0.971. The maximum atomic E-state index is 12.0. The van der Waals surface area contributed by atoms with Crippen LogP contribution >= 0.6 is 11.6 Å². The molecule has 0 aliphatic rings. The molecule has 0 bridgehead atoms. The third kappa shape index (κ3) is 3.35. The minimum Gasteiger partial charge on any atom is -0.350 e. The van der Waals surface area contributed by atoms with Crippen LogP contribution in [0.3, 0.4) is 0 Å². The summed E-state index contributed by atoms with van der Waals surface area (Å²) in [6, 6.07) is 8.92. The fraction of sp³-hybridized carbons (Fsp3) is 0.286. The third-order valence-electron chi connectivity index (χ3n) is 3.02. The van der Waals surface area contributed by atoms with Gasteiger partial charge in [0.05, 0.1) is 10.5 Å². The number of rotatable bonds is 4. The minimum absolute atomic E-state index is 0.102. The van der Waals surface area contributed by atoms with Gasteiger partial charge in [-0.2, -0.15) is 0 Å². The van der Waals surface area contributed by atoms with E-state index in [0.29, 0.717) is 17.1 Å². The van der Waals surface area contributed by atoms with E-state index < -0.39 is 10.8 Å². The number of pyridine rings is 1. The number of fused-ring (bicyclic) bond motifs is 1. The van der Waals surface area contributed by atoms with Crippen LogP contribution in [0.15, 0.2) is 30.3 Å². The molecule has 2 unspecified atom stereocenters. The van der Waals surface area contributed by atoms with Crippen molar-refractivity contribution in [1.82, 2.24) is 10.3 Å². The number of hydrogen-bond donors (Lipinski definition) is 1. The number of benzene rings is 1. The summed E-state index contributed by atoms with van der Waals surface area (Å²) in [7, 11) is -0.971. The van der Waals surface area contributed by atoms with E-state index in [-0.39, 0.29) is 16.9 Å². The Morgan fingerprint density at radius 1 is 1.45 bits per heavy atom. The molecule has 1 N–H and O–H groups in total. The average Bonchev–Trinajstić information content (AvgIpc) is 2.44. The molecule has 0 spiro atoms. The van der Waals surface area contributed by atoms with Gasteiger partial charge < -0.3 is 5.32 Å². The fourth-order valence-corrected chi connectivity index (χ4v) is 2.27. The van der Waals surface area contributed by atoms with Crippen LogP contribution in [0.5, 0.6) is 0 Å². The van der Waals surface area contributed by atoms with E-state index in [1.54, 1.807) is 12.3 Å². The number of amides is 1. The van der Waals surface area contributed by atoms with Crippen molar-refractivity contribution in [3.8, 4) is 0 Å². The molecule has 1 aromatic carbocycles. The summed E-state index contributed by atoms with van der Waals surface area (Å²) in [5.74, 6) is -0.310. The highest BCUT2D eigenvalue weighted by Crippen LogP contribution is 2.22. The molecule has 0 aliphatic heterocycles. The van der Waals surface area contributed by atoms with Crippen molar-refractivity contribution >= 4 is 39.2 Å². The number of nitrogens with one attached hydrogen (secondary N) is 1. The van der Waals surface area contributed by atoms with Gasteiger partial charge in [-0.15, -0.1) is 0 Å². The molecule has 0 radical (unpaired) electrons. The predicted molar refractivity (Wildman–Crippen MR) is 82.6 cm³/mol. The van der Waals surface area contributed by atoms with Crippen molar-refractivity contribution in [3.63, 3.8) is 0 Å². The van der Waals surface area contributed by atoms with Crippen molar-refractivity contribution in [2.24, 2.45) is 0 Å². The first kappa shape index (κ1) is 14.9. The highest BCUT2D eigenvalue weighted by molar-refractivity contribution is 7.84. The molecule has 2 rings (SSSR count). The second-order valence-electron chi connectivity index (χ2n) is 4.53. The van der Waals surface area contributed by atoms with Gasteiger partial charge in [-0.1, -0.05) is 29.8 Å². The van der Waals surface area contributed by atoms with Gasteiger partial charge in [0.15, 0.2) is 0 Å². The zero-order valence-corrected chi connectivity index (χ0v) is 12.8. The molecule has 20 heavy (non-hydrogen) atoms. The van der Waals surface area contributed by atoms with Gasteiger partial charge in [0.25, 0.3) is 5.91 Å². The van der Waals surface area contributed by atoms with E-state index in [1.165, 1.54) is 0 Å². The van der Waals surface area contributed by atoms with Crippen LogP contribution in [0, 0.1) is 0 Å². The second kappa shape index (κ2) is 6.33. The lowest BCUT2D eigenvalue weighted by Crippen LogP contribution is -2.33. The molecule has 0 aliphatic carbocycles. The Labute approximate surface area is 125 Å². The summed E-state index contributed by atoms with van der Waals surface area (Å²) in [4.78, 5) is 16.3. The number of hydrogen-bond acceptors (Lipinski definition) is 3. The van der Waals surface area contributed by atoms with Crippen LogP contribution in [0.1, 0.15) is 17.4 Å². The molecule has 2 aromatic rings. The Kier molecular flexibility index (Phi) is 4.73. The van der Waals surface area contributed by atoms with E-state index in [2.05, 4.69) is 10.3 Å². The molecular weight excluding hydrogens is 296 g/mol. The summed E-state index contributed by atoms with van der Waals surface area (Å²) in [5, 5.41) is 3.92. The lowest BCUT2D eigenvalue weighted by atomic mass is 10.2. The van der Waals surface area contributed by atoms with Crippen molar-refractivity contribution in [2.75, 3.05) is 12.8 Å². The SMILES string of the molecule is CC(CNC(=O)c1cc(Cl)c2ccccc2n1)S(C)=O. The van der Waals surface area contributed by atoms with Crippen LogP contribution in [-0.4, -0.2) is 33.2 Å². The predicted octanol–water partition coefficient (Wildman–Crippen LogP) is 2.39. The lowest BCUT2D eigenvalue weighted by Gasteiger charge is -2.10. The van der Waals surface area contributed by atoms with Crippen LogP contribution in [0.2, 0.25) is 5.02 Å². The van der Waals surface area contributed by atoms with Crippen molar-refractivity contribution in [2.45, 2.75) is 12.2 Å². The smallest absolute Gasteiger partial charge is 0.269 e. The molecule has 4 nitrogen and oxygen atoms in total. The van der Waals surface area contributed by atoms with E-state index in [4.69, 9.17) is 11.6 Å². The molecular formula is C14H15ClN2O2S. The molecule has 1 heterocycles.